The lowest BCUT2D eigenvalue weighted by molar-refractivity contribution is -0.00290. The van der Waals surface area contributed by atoms with Crippen LogP contribution >= 0.6 is 0 Å². The molecule has 4 heteroatoms. The van der Waals surface area contributed by atoms with Gasteiger partial charge in [0.25, 0.3) is 0 Å². The molecule has 1 saturated heterocycles. The second-order valence-corrected chi connectivity index (χ2v) is 5.93. The Morgan fingerprint density at radius 3 is 3.10 bits per heavy atom. The predicted molar refractivity (Wildman–Crippen MR) is 79.6 cm³/mol. The minimum atomic E-state index is -0.102. The molecule has 20 heavy (non-hydrogen) atoms. The second-order valence-electron chi connectivity index (χ2n) is 5.93. The number of nitrogens with zero attached hydrogens (tertiary/aromatic N) is 1. The van der Waals surface area contributed by atoms with Crippen LogP contribution < -0.4 is 11.0 Å². The van der Waals surface area contributed by atoms with Crippen molar-refractivity contribution in [3.05, 3.63) is 40.7 Å². The summed E-state index contributed by atoms with van der Waals surface area (Å²) in [5, 5.41) is 1.01. The normalized spacial score (nSPS) is 28.3. The Kier molecular flexibility index (Phi) is 2.74. The monoisotopic (exact) mass is 265 g/mol. The van der Waals surface area contributed by atoms with Crippen LogP contribution in [0.4, 0.5) is 0 Å². The SMILES string of the molecule is [B]c1cc2ccccc2n(CC2OCCC3C[C@H]32)c1=O. The van der Waals surface area contributed by atoms with Crippen LogP contribution in [-0.2, 0) is 11.3 Å². The van der Waals surface area contributed by atoms with E-state index in [4.69, 9.17) is 12.6 Å². The summed E-state index contributed by atoms with van der Waals surface area (Å²) in [4.78, 5) is 12.4. The summed E-state index contributed by atoms with van der Waals surface area (Å²) in [5.41, 5.74) is 1.15. The maximum Gasteiger partial charge on any atom is 0.243 e. The molecule has 3 nitrogen and oxygen atoms in total. The molecule has 2 aliphatic rings. The molecule has 1 aliphatic heterocycles. The number of para-hydroxylation sites is 1. The van der Waals surface area contributed by atoms with Crippen LogP contribution in [0.2, 0.25) is 0 Å². The summed E-state index contributed by atoms with van der Waals surface area (Å²) in [7, 11) is 5.86. The quantitative estimate of drug-likeness (QED) is 0.764. The predicted octanol–water partition coefficient (Wildman–Crippen LogP) is 1.22. The summed E-state index contributed by atoms with van der Waals surface area (Å²) in [6.07, 6.45) is 2.59. The number of ether oxygens (including phenoxy) is 1. The Morgan fingerprint density at radius 2 is 2.20 bits per heavy atom. The van der Waals surface area contributed by atoms with Crippen molar-refractivity contribution < 1.29 is 4.74 Å². The number of benzene rings is 1. The van der Waals surface area contributed by atoms with Crippen molar-refractivity contribution in [2.24, 2.45) is 11.8 Å². The molecule has 0 amide bonds. The Bertz CT molecular complexity index is 724. The number of aromatic nitrogens is 1. The van der Waals surface area contributed by atoms with E-state index in [0.29, 0.717) is 17.9 Å². The smallest absolute Gasteiger partial charge is 0.243 e. The van der Waals surface area contributed by atoms with Crippen molar-refractivity contribution in [2.75, 3.05) is 6.61 Å². The van der Waals surface area contributed by atoms with Crippen LogP contribution in [0.3, 0.4) is 0 Å². The standard InChI is InChI=1S/C16H16BNO2/c17-13-8-11-3-1-2-4-14(11)18(16(13)19)9-15-12-7-10(12)5-6-20-15/h1-4,8,10,12,15H,5-7,9H2/t10?,12-,15?/m1/s1. The average molecular weight is 265 g/mol. The molecule has 2 fully saturated rings. The first-order chi connectivity index (χ1) is 9.74. The van der Waals surface area contributed by atoms with Gasteiger partial charge in [0.2, 0.25) is 5.56 Å². The van der Waals surface area contributed by atoms with E-state index in [1.807, 2.05) is 24.3 Å². The molecular weight excluding hydrogens is 249 g/mol. The molecule has 1 aromatic carbocycles. The van der Waals surface area contributed by atoms with E-state index < -0.39 is 0 Å². The van der Waals surface area contributed by atoms with Gasteiger partial charge in [0.05, 0.1) is 18.2 Å². The van der Waals surface area contributed by atoms with Gasteiger partial charge in [-0.05, 0) is 41.6 Å². The fourth-order valence-electron chi connectivity index (χ4n) is 3.45. The van der Waals surface area contributed by atoms with Gasteiger partial charge in [-0.3, -0.25) is 4.79 Å². The number of fused-ring (bicyclic) bond motifs is 2. The Balaban J connectivity index is 1.78. The molecule has 0 spiro atoms. The summed E-state index contributed by atoms with van der Waals surface area (Å²) in [6, 6.07) is 9.64. The van der Waals surface area contributed by atoms with Gasteiger partial charge in [0, 0.05) is 6.61 Å². The van der Waals surface area contributed by atoms with Crippen LogP contribution in [0.5, 0.6) is 0 Å². The lowest BCUT2D eigenvalue weighted by atomic mass is 9.96. The average Bonchev–Trinajstić information content (AvgIpc) is 3.24. The third-order valence-electron chi connectivity index (χ3n) is 4.67. The highest BCUT2D eigenvalue weighted by Gasteiger charge is 2.46. The third kappa shape index (κ3) is 1.90. The van der Waals surface area contributed by atoms with Gasteiger partial charge in [-0.1, -0.05) is 24.3 Å². The maximum absolute atomic E-state index is 12.4. The molecule has 2 unspecified atom stereocenters. The summed E-state index contributed by atoms with van der Waals surface area (Å²) < 4.78 is 7.67. The lowest BCUT2D eigenvalue weighted by Gasteiger charge is -2.24. The minimum Gasteiger partial charge on any atom is -0.376 e. The molecule has 1 aromatic heterocycles. The van der Waals surface area contributed by atoms with Crippen molar-refractivity contribution in [1.82, 2.24) is 4.57 Å². The molecule has 1 aliphatic carbocycles. The van der Waals surface area contributed by atoms with E-state index in [2.05, 4.69) is 0 Å². The molecule has 0 bridgehead atoms. The van der Waals surface area contributed by atoms with Crippen molar-refractivity contribution in [1.29, 1.82) is 0 Å². The Morgan fingerprint density at radius 1 is 1.35 bits per heavy atom. The van der Waals surface area contributed by atoms with Crippen molar-refractivity contribution in [2.45, 2.75) is 25.5 Å². The summed E-state index contributed by atoms with van der Waals surface area (Å²) in [5.74, 6) is 1.45. The first kappa shape index (κ1) is 12.2. The summed E-state index contributed by atoms with van der Waals surface area (Å²) in [6.45, 7) is 1.44. The van der Waals surface area contributed by atoms with Crippen molar-refractivity contribution in [3.8, 4) is 0 Å². The molecule has 3 atom stereocenters. The van der Waals surface area contributed by atoms with Gasteiger partial charge >= 0.3 is 0 Å². The van der Waals surface area contributed by atoms with Crippen LogP contribution in [0, 0.1) is 11.8 Å². The fraction of sp³-hybridized carbons (Fsp3) is 0.438. The number of pyridine rings is 1. The largest absolute Gasteiger partial charge is 0.376 e. The van der Waals surface area contributed by atoms with Crippen LogP contribution in [0.1, 0.15) is 12.8 Å². The van der Waals surface area contributed by atoms with Gasteiger partial charge in [0.15, 0.2) is 0 Å². The molecule has 2 radical (unpaired) electrons. The van der Waals surface area contributed by atoms with Crippen molar-refractivity contribution in [3.63, 3.8) is 0 Å². The molecule has 2 heterocycles. The van der Waals surface area contributed by atoms with Gasteiger partial charge in [-0.2, -0.15) is 0 Å². The van der Waals surface area contributed by atoms with E-state index in [9.17, 15) is 4.79 Å². The van der Waals surface area contributed by atoms with E-state index in [-0.39, 0.29) is 11.7 Å². The Labute approximate surface area is 119 Å². The van der Waals surface area contributed by atoms with Gasteiger partial charge in [-0.25, -0.2) is 0 Å². The third-order valence-corrected chi connectivity index (χ3v) is 4.67. The summed E-state index contributed by atoms with van der Waals surface area (Å²) >= 11 is 0. The van der Waals surface area contributed by atoms with Crippen molar-refractivity contribution >= 4 is 24.2 Å². The molecule has 0 N–H and O–H groups in total. The molecule has 100 valence electrons. The zero-order valence-electron chi connectivity index (χ0n) is 11.3. The number of rotatable bonds is 2. The van der Waals surface area contributed by atoms with E-state index in [0.717, 1.165) is 23.4 Å². The first-order valence-electron chi connectivity index (χ1n) is 7.23. The molecule has 1 saturated carbocycles. The van der Waals surface area contributed by atoms with Crippen LogP contribution in [0.25, 0.3) is 10.9 Å². The van der Waals surface area contributed by atoms with Gasteiger partial charge < -0.3 is 9.30 Å². The minimum absolute atomic E-state index is 0.102. The zero-order chi connectivity index (χ0) is 13.7. The topological polar surface area (TPSA) is 31.2 Å². The van der Waals surface area contributed by atoms with Crippen LogP contribution in [0.15, 0.2) is 35.1 Å². The van der Waals surface area contributed by atoms with Crippen LogP contribution in [-0.4, -0.2) is 25.1 Å². The highest BCUT2D eigenvalue weighted by molar-refractivity contribution is 6.32. The lowest BCUT2D eigenvalue weighted by Crippen LogP contribution is -2.39. The highest BCUT2D eigenvalue weighted by Crippen LogP contribution is 2.48. The fourth-order valence-corrected chi connectivity index (χ4v) is 3.45. The van der Waals surface area contributed by atoms with Gasteiger partial charge in [-0.15, -0.1) is 0 Å². The first-order valence-corrected chi connectivity index (χ1v) is 7.23. The molecule has 2 aromatic rings. The number of hydrogen-bond donors (Lipinski definition) is 0. The number of hydrogen-bond acceptors (Lipinski definition) is 2. The van der Waals surface area contributed by atoms with E-state index in [1.54, 1.807) is 10.6 Å². The van der Waals surface area contributed by atoms with E-state index >= 15 is 0 Å². The van der Waals surface area contributed by atoms with E-state index in [1.165, 1.54) is 12.8 Å². The second kappa shape index (κ2) is 4.49. The molecule has 4 rings (SSSR count). The highest BCUT2D eigenvalue weighted by atomic mass is 16.5. The Hall–Kier alpha value is -1.55. The van der Waals surface area contributed by atoms with Gasteiger partial charge in [0.1, 0.15) is 7.85 Å². The zero-order valence-corrected chi connectivity index (χ0v) is 11.3. The maximum atomic E-state index is 12.4. The molecular formula is C16H16BNO2.